The van der Waals surface area contributed by atoms with Crippen LogP contribution in [0.4, 0.5) is 0 Å². The molecule has 21 heavy (non-hydrogen) atoms. The van der Waals surface area contributed by atoms with Crippen molar-refractivity contribution in [2.24, 2.45) is 11.7 Å². The first-order valence-corrected chi connectivity index (χ1v) is 9.48. The van der Waals surface area contributed by atoms with Gasteiger partial charge < -0.3 is 5.73 Å². The van der Waals surface area contributed by atoms with E-state index in [4.69, 9.17) is 5.73 Å². The summed E-state index contributed by atoms with van der Waals surface area (Å²) in [6.07, 6.45) is 7.56. The van der Waals surface area contributed by atoms with Gasteiger partial charge >= 0.3 is 0 Å². The van der Waals surface area contributed by atoms with Gasteiger partial charge in [-0.2, -0.15) is 0 Å². The third kappa shape index (κ3) is 4.48. The van der Waals surface area contributed by atoms with E-state index in [1.807, 2.05) is 0 Å². The van der Waals surface area contributed by atoms with Crippen molar-refractivity contribution in [1.82, 2.24) is 4.90 Å². The van der Waals surface area contributed by atoms with Crippen molar-refractivity contribution in [1.29, 1.82) is 0 Å². The van der Waals surface area contributed by atoms with Gasteiger partial charge in [-0.25, -0.2) is 0 Å². The molecule has 0 bridgehead atoms. The first-order chi connectivity index (χ1) is 10.2. The summed E-state index contributed by atoms with van der Waals surface area (Å²) in [4.78, 5) is 4.01. The molecule has 1 aromatic carbocycles. The summed E-state index contributed by atoms with van der Waals surface area (Å²) in [5.41, 5.74) is 7.55. The van der Waals surface area contributed by atoms with E-state index >= 15 is 0 Å². The zero-order valence-electron chi connectivity index (χ0n) is 13.7. The van der Waals surface area contributed by atoms with E-state index < -0.39 is 0 Å². The minimum atomic E-state index is 0.367. The van der Waals surface area contributed by atoms with Crippen LogP contribution >= 0.6 is 11.8 Å². The molecule has 0 saturated heterocycles. The average Bonchev–Trinajstić information content (AvgIpc) is 3.01. The summed E-state index contributed by atoms with van der Waals surface area (Å²) >= 11 is 1.80. The van der Waals surface area contributed by atoms with Crippen LogP contribution in [0.3, 0.4) is 0 Å². The van der Waals surface area contributed by atoms with Crippen molar-refractivity contribution in [3.05, 3.63) is 29.8 Å². The molecule has 1 aromatic rings. The van der Waals surface area contributed by atoms with Gasteiger partial charge in [-0.1, -0.05) is 38.8 Å². The number of nitrogens with two attached hydrogens (primary N) is 1. The third-order valence-corrected chi connectivity index (χ3v) is 5.24. The van der Waals surface area contributed by atoms with Crippen molar-refractivity contribution in [2.75, 3.05) is 19.3 Å². The molecule has 2 nitrogen and oxygen atoms in total. The molecule has 1 unspecified atom stereocenters. The molecule has 118 valence electrons. The average molecular weight is 307 g/mol. The van der Waals surface area contributed by atoms with Gasteiger partial charge in [-0.3, -0.25) is 4.90 Å². The van der Waals surface area contributed by atoms with Crippen LogP contribution in [0.2, 0.25) is 0 Å². The second kappa shape index (κ2) is 8.21. The molecule has 0 aromatic heterocycles. The fourth-order valence-electron chi connectivity index (χ4n) is 3.48. The van der Waals surface area contributed by atoms with Gasteiger partial charge in [0.1, 0.15) is 0 Å². The quantitative estimate of drug-likeness (QED) is 0.761. The molecular formula is C18H30N2S. The lowest BCUT2D eigenvalue weighted by Gasteiger charge is -2.37. The van der Waals surface area contributed by atoms with Crippen molar-refractivity contribution in [2.45, 2.75) is 56.5 Å². The smallest absolute Gasteiger partial charge is 0.0473 e. The number of benzene rings is 1. The normalized spacial score (nSPS) is 17.8. The molecular weight excluding hydrogens is 276 g/mol. The van der Waals surface area contributed by atoms with E-state index in [-0.39, 0.29) is 0 Å². The Balaban J connectivity index is 2.20. The summed E-state index contributed by atoms with van der Waals surface area (Å²) in [6, 6.07) is 10.1. The third-order valence-electron chi connectivity index (χ3n) is 4.49. The van der Waals surface area contributed by atoms with Crippen LogP contribution in [0.5, 0.6) is 0 Å². The molecule has 3 heteroatoms. The highest BCUT2D eigenvalue weighted by atomic mass is 32.2. The first-order valence-electron chi connectivity index (χ1n) is 8.25. The van der Waals surface area contributed by atoms with Gasteiger partial charge in [0.2, 0.25) is 0 Å². The lowest BCUT2D eigenvalue weighted by molar-refractivity contribution is 0.121. The summed E-state index contributed by atoms with van der Waals surface area (Å²) < 4.78 is 0. The maximum Gasteiger partial charge on any atom is 0.0473 e. The molecule has 1 aliphatic carbocycles. The molecule has 2 N–H and O–H groups in total. The standard InChI is InChI=1S/C18H30N2S/c1-14(2)13-20(16-6-4-5-7-16)18(12-19)15-8-10-17(21-3)11-9-15/h8-11,14,16,18H,4-7,12-13,19H2,1-3H3. The molecule has 0 amide bonds. The summed E-state index contributed by atoms with van der Waals surface area (Å²) in [6.45, 7) is 6.48. The molecule has 0 radical (unpaired) electrons. The van der Waals surface area contributed by atoms with E-state index in [1.54, 1.807) is 11.8 Å². The topological polar surface area (TPSA) is 29.3 Å². The molecule has 2 rings (SSSR count). The van der Waals surface area contributed by atoms with Crippen molar-refractivity contribution < 1.29 is 0 Å². The fraction of sp³-hybridized carbons (Fsp3) is 0.667. The summed E-state index contributed by atoms with van der Waals surface area (Å²) in [7, 11) is 0. The van der Waals surface area contributed by atoms with E-state index in [9.17, 15) is 0 Å². The largest absolute Gasteiger partial charge is 0.329 e. The molecule has 1 fully saturated rings. The van der Waals surface area contributed by atoms with Crippen molar-refractivity contribution in [3.63, 3.8) is 0 Å². The maximum atomic E-state index is 6.17. The number of thioether (sulfide) groups is 1. The van der Waals surface area contributed by atoms with Gasteiger partial charge in [0, 0.05) is 30.1 Å². The Morgan fingerprint density at radius 2 is 1.81 bits per heavy atom. The van der Waals surface area contributed by atoms with Crippen LogP contribution in [-0.2, 0) is 0 Å². The second-order valence-electron chi connectivity index (χ2n) is 6.55. The van der Waals surface area contributed by atoms with Crippen LogP contribution in [0.15, 0.2) is 29.2 Å². The van der Waals surface area contributed by atoms with Gasteiger partial charge in [-0.05, 0) is 42.7 Å². The number of rotatable bonds is 7. The summed E-state index contributed by atoms with van der Waals surface area (Å²) in [5, 5.41) is 0. The minimum Gasteiger partial charge on any atom is -0.329 e. The van der Waals surface area contributed by atoms with Crippen LogP contribution in [0.1, 0.15) is 51.1 Å². The highest BCUT2D eigenvalue weighted by molar-refractivity contribution is 7.98. The Labute approximate surface area is 134 Å². The van der Waals surface area contributed by atoms with Crippen LogP contribution < -0.4 is 5.73 Å². The molecule has 0 aliphatic heterocycles. The Morgan fingerprint density at radius 1 is 1.19 bits per heavy atom. The first kappa shape index (κ1) is 16.9. The van der Waals surface area contributed by atoms with Gasteiger partial charge in [0.05, 0.1) is 0 Å². The van der Waals surface area contributed by atoms with E-state index in [1.165, 1.54) is 36.1 Å². The lowest BCUT2D eigenvalue weighted by Crippen LogP contribution is -2.42. The lowest BCUT2D eigenvalue weighted by atomic mass is 10.0. The van der Waals surface area contributed by atoms with E-state index in [0.717, 1.165) is 12.6 Å². The highest BCUT2D eigenvalue weighted by Crippen LogP contribution is 2.32. The summed E-state index contributed by atoms with van der Waals surface area (Å²) in [5.74, 6) is 0.685. The number of hydrogen-bond acceptors (Lipinski definition) is 3. The van der Waals surface area contributed by atoms with Gasteiger partial charge in [0.25, 0.3) is 0 Å². The van der Waals surface area contributed by atoms with Crippen molar-refractivity contribution in [3.8, 4) is 0 Å². The zero-order valence-corrected chi connectivity index (χ0v) is 14.5. The molecule has 1 aliphatic rings. The maximum absolute atomic E-state index is 6.17. The molecule has 1 saturated carbocycles. The number of nitrogens with zero attached hydrogens (tertiary/aromatic N) is 1. The Bertz CT molecular complexity index is 410. The molecule has 1 atom stereocenters. The van der Waals surface area contributed by atoms with Gasteiger partial charge in [-0.15, -0.1) is 11.8 Å². The van der Waals surface area contributed by atoms with Crippen molar-refractivity contribution >= 4 is 11.8 Å². The van der Waals surface area contributed by atoms with Crippen LogP contribution in [0, 0.1) is 5.92 Å². The molecule has 0 heterocycles. The highest BCUT2D eigenvalue weighted by Gasteiger charge is 2.29. The zero-order chi connectivity index (χ0) is 15.2. The molecule has 0 spiro atoms. The van der Waals surface area contributed by atoms with Crippen LogP contribution in [0.25, 0.3) is 0 Å². The monoisotopic (exact) mass is 306 g/mol. The van der Waals surface area contributed by atoms with E-state index in [2.05, 4.69) is 49.3 Å². The van der Waals surface area contributed by atoms with Crippen LogP contribution in [-0.4, -0.2) is 30.3 Å². The predicted molar refractivity (Wildman–Crippen MR) is 93.8 cm³/mol. The predicted octanol–water partition coefficient (Wildman–Crippen LogP) is 4.31. The second-order valence-corrected chi connectivity index (χ2v) is 7.43. The number of hydrogen-bond donors (Lipinski definition) is 1. The SMILES string of the molecule is CSc1ccc(C(CN)N(CC(C)C)C2CCCC2)cc1. The minimum absolute atomic E-state index is 0.367. The Hall–Kier alpha value is -0.510. The Morgan fingerprint density at radius 3 is 2.29 bits per heavy atom. The van der Waals surface area contributed by atoms with Gasteiger partial charge in [0.15, 0.2) is 0 Å². The van der Waals surface area contributed by atoms with E-state index in [0.29, 0.717) is 18.5 Å². The fourth-order valence-corrected chi connectivity index (χ4v) is 3.89. The Kier molecular flexibility index (Phi) is 6.59.